The first-order valence-corrected chi connectivity index (χ1v) is 8.25. The van der Waals surface area contributed by atoms with Gasteiger partial charge in [-0.05, 0) is 39.6 Å². The summed E-state index contributed by atoms with van der Waals surface area (Å²) in [5, 5.41) is 7.61. The van der Waals surface area contributed by atoms with Crippen molar-refractivity contribution in [2.45, 2.75) is 26.4 Å². The first-order valence-electron chi connectivity index (χ1n) is 8.25. The number of anilines is 1. The van der Waals surface area contributed by atoms with Crippen molar-refractivity contribution in [3.05, 3.63) is 46.8 Å². The molecule has 0 atom stereocenters. The lowest BCUT2D eigenvalue weighted by Gasteiger charge is -2.28. The van der Waals surface area contributed by atoms with Gasteiger partial charge in [-0.1, -0.05) is 17.7 Å². The number of hydrogen-bond acceptors (Lipinski definition) is 3. The van der Waals surface area contributed by atoms with E-state index in [9.17, 15) is 4.79 Å². The number of carbonyl (C=O) groups is 1. The number of urea groups is 1. The van der Waals surface area contributed by atoms with E-state index >= 15 is 0 Å². The average molecular weight is 327 g/mol. The van der Waals surface area contributed by atoms with E-state index in [1.54, 1.807) is 0 Å². The SMILES string of the molecule is Cc1ccc(NC(=O)N2CCc3c(CN(C)C)nn(C)c3C2)cc1. The molecule has 0 saturated heterocycles. The van der Waals surface area contributed by atoms with Gasteiger partial charge in [0.1, 0.15) is 0 Å². The second-order valence-electron chi connectivity index (χ2n) is 6.70. The Morgan fingerprint density at radius 3 is 2.67 bits per heavy atom. The number of nitrogens with one attached hydrogen (secondary N) is 1. The standard InChI is InChI=1S/C18H25N5O/c1-13-5-7-14(8-6-13)19-18(24)23-10-9-15-16(11-21(2)3)20-22(4)17(15)12-23/h5-8H,9-12H2,1-4H3,(H,19,24). The van der Waals surface area contributed by atoms with Crippen LogP contribution in [-0.2, 0) is 26.6 Å². The van der Waals surface area contributed by atoms with Crippen molar-refractivity contribution < 1.29 is 4.79 Å². The lowest BCUT2D eigenvalue weighted by atomic mass is 10.0. The Bertz CT molecular complexity index is 733. The molecule has 6 nitrogen and oxygen atoms in total. The van der Waals surface area contributed by atoms with Crippen LogP contribution in [0.2, 0.25) is 0 Å². The molecule has 2 aromatic rings. The van der Waals surface area contributed by atoms with E-state index in [2.05, 4.69) is 15.3 Å². The molecule has 0 radical (unpaired) electrons. The summed E-state index contributed by atoms with van der Waals surface area (Å²) in [7, 11) is 6.05. The Balaban J connectivity index is 1.71. The van der Waals surface area contributed by atoms with Gasteiger partial charge < -0.3 is 15.1 Å². The molecular formula is C18H25N5O. The molecule has 24 heavy (non-hydrogen) atoms. The number of carbonyl (C=O) groups excluding carboxylic acids is 1. The molecule has 6 heteroatoms. The molecule has 0 unspecified atom stereocenters. The minimum Gasteiger partial charge on any atom is -0.318 e. The lowest BCUT2D eigenvalue weighted by Crippen LogP contribution is -2.39. The quantitative estimate of drug-likeness (QED) is 0.942. The zero-order valence-electron chi connectivity index (χ0n) is 14.8. The fraction of sp³-hybridized carbons (Fsp3) is 0.444. The topological polar surface area (TPSA) is 53.4 Å². The van der Waals surface area contributed by atoms with E-state index < -0.39 is 0 Å². The van der Waals surface area contributed by atoms with Crippen molar-refractivity contribution in [1.29, 1.82) is 0 Å². The van der Waals surface area contributed by atoms with Gasteiger partial charge in [-0.3, -0.25) is 4.68 Å². The van der Waals surface area contributed by atoms with Crippen LogP contribution in [-0.4, -0.2) is 46.3 Å². The zero-order valence-corrected chi connectivity index (χ0v) is 14.8. The summed E-state index contributed by atoms with van der Waals surface area (Å²) in [6, 6.07) is 7.81. The van der Waals surface area contributed by atoms with Crippen LogP contribution in [0, 0.1) is 6.92 Å². The summed E-state index contributed by atoms with van der Waals surface area (Å²) in [5.41, 5.74) is 5.56. The first kappa shape index (κ1) is 16.5. The van der Waals surface area contributed by atoms with Crippen LogP contribution < -0.4 is 5.32 Å². The molecule has 0 aliphatic carbocycles. The summed E-state index contributed by atoms with van der Waals surface area (Å²) < 4.78 is 1.92. The summed E-state index contributed by atoms with van der Waals surface area (Å²) in [6.07, 6.45) is 0.855. The molecule has 1 aliphatic rings. The van der Waals surface area contributed by atoms with Gasteiger partial charge in [-0.15, -0.1) is 0 Å². The van der Waals surface area contributed by atoms with E-state index in [0.717, 1.165) is 36.6 Å². The van der Waals surface area contributed by atoms with E-state index in [4.69, 9.17) is 0 Å². The Hall–Kier alpha value is -2.34. The number of aryl methyl sites for hydroxylation is 2. The normalized spacial score (nSPS) is 14.0. The summed E-state index contributed by atoms with van der Waals surface area (Å²) >= 11 is 0. The van der Waals surface area contributed by atoms with Crippen LogP contribution in [0.5, 0.6) is 0 Å². The maximum absolute atomic E-state index is 12.5. The average Bonchev–Trinajstić information content (AvgIpc) is 2.84. The van der Waals surface area contributed by atoms with E-state index in [-0.39, 0.29) is 6.03 Å². The van der Waals surface area contributed by atoms with Gasteiger partial charge in [0.25, 0.3) is 0 Å². The van der Waals surface area contributed by atoms with Gasteiger partial charge in [0, 0.05) is 31.4 Å². The summed E-state index contributed by atoms with van der Waals surface area (Å²) in [5.74, 6) is 0. The second-order valence-corrected chi connectivity index (χ2v) is 6.70. The predicted octanol–water partition coefficient (Wildman–Crippen LogP) is 2.38. The van der Waals surface area contributed by atoms with Crippen molar-refractivity contribution in [3.63, 3.8) is 0 Å². The first-order chi connectivity index (χ1) is 11.4. The molecule has 2 heterocycles. The van der Waals surface area contributed by atoms with Gasteiger partial charge >= 0.3 is 6.03 Å². The highest BCUT2D eigenvalue weighted by atomic mass is 16.2. The summed E-state index contributed by atoms with van der Waals surface area (Å²) in [4.78, 5) is 16.5. The van der Waals surface area contributed by atoms with Crippen LogP contribution in [0.25, 0.3) is 0 Å². The molecule has 0 saturated carbocycles. The van der Waals surface area contributed by atoms with Crippen LogP contribution in [0.15, 0.2) is 24.3 Å². The minimum atomic E-state index is -0.0557. The largest absolute Gasteiger partial charge is 0.322 e. The highest BCUT2D eigenvalue weighted by molar-refractivity contribution is 5.89. The highest BCUT2D eigenvalue weighted by Gasteiger charge is 2.26. The van der Waals surface area contributed by atoms with Crippen LogP contribution in [0.1, 0.15) is 22.5 Å². The van der Waals surface area contributed by atoms with Crippen molar-refractivity contribution in [3.8, 4) is 0 Å². The number of aromatic nitrogens is 2. The van der Waals surface area contributed by atoms with E-state index in [1.165, 1.54) is 11.1 Å². The number of nitrogens with zero attached hydrogens (tertiary/aromatic N) is 4. The smallest absolute Gasteiger partial charge is 0.318 e. The Labute approximate surface area is 143 Å². The molecule has 3 rings (SSSR count). The third-order valence-electron chi connectivity index (χ3n) is 4.39. The van der Waals surface area contributed by atoms with Crippen molar-refractivity contribution in [2.75, 3.05) is 26.0 Å². The maximum Gasteiger partial charge on any atom is 0.322 e. The molecule has 128 valence electrons. The molecule has 1 N–H and O–H groups in total. The molecule has 1 aliphatic heterocycles. The molecular weight excluding hydrogens is 302 g/mol. The molecule has 2 amide bonds. The van der Waals surface area contributed by atoms with Crippen molar-refractivity contribution in [2.24, 2.45) is 7.05 Å². The van der Waals surface area contributed by atoms with Gasteiger partial charge in [0.05, 0.1) is 17.9 Å². The van der Waals surface area contributed by atoms with E-state index in [1.807, 2.05) is 61.9 Å². The third-order valence-corrected chi connectivity index (χ3v) is 4.39. The molecule has 1 aromatic heterocycles. The number of amides is 2. The zero-order chi connectivity index (χ0) is 17.3. The molecule has 0 spiro atoms. The Kier molecular flexibility index (Phi) is 4.57. The third kappa shape index (κ3) is 3.43. The fourth-order valence-corrected chi connectivity index (χ4v) is 3.10. The number of hydrogen-bond donors (Lipinski definition) is 1. The minimum absolute atomic E-state index is 0.0557. The number of rotatable bonds is 3. The summed E-state index contributed by atoms with van der Waals surface area (Å²) in [6.45, 7) is 4.19. The fourth-order valence-electron chi connectivity index (χ4n) is 3.10. The number of benzene rings is 1. The molecule has 1 aromatic carbocycles. The molecule has 0 fully saturated rings. The Morgan fingerprint density at radius 2 is 2.00 bits per heavy atom. The highest BCUT2D eigenvalue weighted by Crippen LogP contribution is 2.23. The lowest BCUT2D eigenvalue weighted by molar-refractivity contribution is 0.204. The van der Waals surface area contributed by atoms with Crippen LogP contribution in [0.4, 0.5) is 10.5 Å². The van der Waals surface area contributed by atoms with Gasteiger partial charge in [-0.2, -0.15) is 5.10 Å². The van der Waals surface area contributed by atoms with E-state index in [0.29, 0.717) is 6.54 Å². The van der Waals surface area contributed by atoms with Crippen molar-refractivity contribution >= 4 is 11.7 Å². The van der Waals surface area contributed by atoms with Gasteiger partial charge in [0.15, 0.2) is 0 Å². The number of fused-ring (bicyclic) bond motifs is 1. The van der Waals surface area contributed by atoms with Gasteiger partial charge in [-0.25, -0.2) is 4.79 Å². The van der Waals surface area contributed by atoms with Crippen molar-refractivity contribution in [1.82, 2.24) is 19.6 Å². The predicted molar refractivity (Wildman–Crippen MR) is 94.9 cm³/mol. The van der Waals surface area contributed by atoms with Crippen LogP contribution in [0.3, 0.4) is 0 Å². The Morgan fingerprint density at radius 1 is 1.29 bits per heavy atom. The molecule has 0 bridgehead atoms. The second kappa shape index (κ2) is 6.65. The maximum atomic E-state index is 12.5. The van der Waals surface area contributed by atoms with Gasteiger partial charge in [0.2, 0.25) is 0 Å². The van der Waals surface area contributed by atoms with Crippen LogP contribution >= 0.6 is 0 Å². The monoisotopic (exact) mass is 327 g/mol.